The van der Waals surface area contributed by atoms with E-state index in [-0.39, 0.29) is 17.7 Å². The molecule has 0 aliphatic carbocycles. The number of fused-ring (bicyclic) bond motifs is 1. The van der Waals surface area contributed by atoms with Gasteiger partial charge in [-0.25, -0.2) is 0 Å². The number of carbonyl (C=O) groups excluding carboxylic acids is 2. The van der Waals surface area contributed by atoms with Gasteiger partial charge in [0.05, 0.1) is 6.54 Å². The summed E-state index contributed by atoms with van der Waals surface area (Å²) in [6.07, 6.45) is 2.15. The van der Waals surface area contributed by atoms with E-state index in [4.69, 9.17) is 0 Å². The van der Waals surface area contributed by atoms with Crippen molar-refractivity contribution in [2.24, 2.45) is 0 Å². The van der Waals surface area contributed by atoms with E-state index in [2.05, 4.69) is 0 Å². The first-order chi connectivity index (χ1) is 4.77. The monoisotopic (exact) mass is 139 g/mol. The highest BCUT2D eigenvalue weighted by molar-refractivity contribution is 5.91. The normalized spacial score (nSPS) is 31.6. The molecule has 2 aliphatic heterocycles. The molecule has 0 aromatic carbocycles. The molecular weight excluding hydrogens is 130 g/mol. The minimum Gasteiger partial charge on any atom is -0.332 e. The van der Waals surface area contributed by atoms with Gasteiger partial charge in [0.2, 0.25) is 5.91 Å². The topological polar surface area (TPSA) is 37.4 Å². The molecular formula is C7H9NO2. The van der Waals surface area contributed by atoms with Crippen molar-refractivity contribution in [1.82, 2.24) is 4.90 Å². The average molecular weight is 139 g/mol. The minimum atomic E-state index is 0.163. The number of rotatable bonds is 0. The Morgan fingerprint density at radius 3 is 2.90 bits per heavy atom. The lowest BCUT2D eigenvalue weighted by Crippen LogP contribution is -2.27. The summed E-state index contributed by atoms with van der Waals surface area (Å²) in [7, 11) is 0. The highest BCUT2D eigenvalue weighted by Gasteiger charge is 2.38. The fraction of sp³-hybridized carbons (Fsp3) is 0.714. The molecule has 2 rings (SSSR count). The Morgan fingerprint density at radius 2 is 2.20 bits per heavy atom. The van der Waals surface area contributed by atoms with E-state index in [0.717, 1.165) is 6.42 Å². The lowest BCUT2D eigenvalue weighted by molar-refractivity contribution is -0.129. The Balaban J connectivity index is 2.19. The van der Waals surface area contributed by atoms with Crippen molar-refractivity contribution >= 4 is 11.7 Å². The van der Waals surface area contributed by atoms with Crippen LogP contribution in [0.5, 0.6) is 0 Å². The summed E-state index contributed by atoms with van der Waals surface area (Å²) in [4.78, 5) is 23.5. The Bertz CT molecular complexity index is 200. The molecule has 0 unspecified atom stereocenters. The van der Waals surface area contributed by atoms with E-state index in [9.17, 15) is 9.59 Å². The zero-order chi connectivity index (χ0) is 7.14. The first-order valence-electron chi connectivity index (χ1n) is 3.58. The molecule has 54 valence electrons. The molecule has 0 N–H and O–H groups in total. The fourth-order valence-corrected chi connectivity index (χ4v) is 1.74. The molecule has 0 spiro atoms. The maximum Gasteiger partial charge on any atom is 0.223 e. The molecule has 0 radical (unpaired) electrons. The van der Waals surface area contributed by atoms with Gasteiger partial charge in [-0.05, 0) is 6.42 Å². The van der Waals surface area contributed by atoms with E-state index in [1.807, 2.05) is 0 Å². The molecule has 10 heavy (non-hydrogen) atoms. The highest BCUT2D eigenvalue weighted by atomic mass is 16.2. The molecule has 2 saturated heterocycles. The van der Waals surface area contributed by atoms with Gasteiger partial charge in [0.25, 0.3) is 0 Å². The molecule has 1 atom stereocenters. The van der Waals surface area contributed by atoms with E-state index in [1.165, 1.54) is 0 Å². The number of hydrogen-bond acceptors (Lipinski definition) is 2. The van der Waals surface area contributed by atoms with Crippen molar-refractivity contribution in [3.05, 3.63) is 0 Å². The van der Waals surface area contributed by atoms with Gasteiger partial charge in [-0.1, -0.05) is 0 Å². The van der Waals surface area contributed by atoms with Crippen LogP contribution < -0.4 is 0 Å². The van der Waals surface area contributed by atoms with Crippen molar-refractivity contribution in [3.63, 3.8) is 0 Å². The lowest BCUT2D eigenvalue weighted by atomic mass is 10.1. The molecule has 3 nitrogen and oxygen atoms in total. The minimum absolute atomic E-state index is 0.163. The predicted molar refractivity (Wildman–Crippen MR) is 34.4 cm³/mol. The van der Waals surface area contributed by atoms with Crippen molar-refractivity contribution in [3.8, 4) is 0 Å². The van der Waals surface area contributed by atoms with Crippen LogP contribution in [0.4, 0.5) is 0 Å². The van der Waals surface area contributed by atoms with E-state index in [0.29, 0.717) is 19.4 Å². The summed E-state index contributed by atoms with van der Waals surface area (Å²) < 4.78 is 0. The quantitative estimate of drug-likeness (QED) is 0.472. The van der Waals surface area contributed by atoms with E-state index in [1.54, 1.807) is 4.90 Å². The van der Waals surface area contributed by atoms with Crippen molar-refractivity contribution in [2.75, 3.05) is 6.54 Å². The summed E-state index contributed by atoms with van der Waals surface area (Å²) >= 11 is 0. The first kappa shape index (κ1) is 5.89. The number of ketones is 1. The zero-order valence-corrected chi connectivity index (χ0v) is 5.67. The molecule has 0 saturated carbocycles. The third-order valence-electron chi connectivity index (χ3n) is 2.26. The van der Waals surface area contributed by atoms with Gasteiger partial charge in [0.15, 0.2) is 5.78 Å². The van der Waals surface area contributed by atoms with Gasteiger partial charge in [0, 0.05) is 18.9 Å². The molecule has 0 aromatic heterocycles. The number of nitrogens with zero attached hydrogens (tertiary/aromatic N) is 1. The van der Waals surface area contributed by atoms with Crippen LogP contribution in [-0.4, -0.2) is 29.2 Å². The molecule has 2 aliphatic rings. The maximum absolute atomic E-state index is 11.0. The molecule has 0 bridgehead atoms. The van der Waals surface area contributed by atoms with Crippen LogP contribution in [0.1, 0.15) is 19.3 Å². The molecule has 0 aromatic rings. The van der Waals surface area contributed by atoms with Crippen LogP contribution in [0.25, 0.3) is 0 Å². The van der Waals surface area contributed by atoms with Crippen LogP contribution in [0.2, 0.25) is 0 Å². The van der Waals surface area contributed by atoms with Crippen molar-refractivity contribution in [2.45, 2.75) is 25.3 Å². The second kappa shape index (κ2) is 1.81. The second-order valence-electron chi connectivity index (χ2n) is 2.96. The van der Waals surface area contributed by atoms with E-state index >= 15 is 0 Å². The molecule has 3 heteroatoms. The summed E-state index contributed by atoms with van der Waals surface area (Å²) in [5.41, 5.74) is 0. The molecule has 1 amide bonds. The summed E-state index contributed by atoms with van der Waals surface area (Å²) in [6.45, 7) is 0.378. The van der Waals surface area contributed by atoms with Gasteiger partial charge in [-0.3, -0.25) is 9.59 Å². The van der Waals surface area contributed by atoms with Crippen LogP contribution in [0.3, 0.4) is 0 Å². The highest BCUT2D eigenvalue weighted by Crippen LogP contribution is 2.26. The number of Topliss-reactive ketones (excluding diaryl/α,β-unsaturated/α-hetero) is 1. The number of carbonyl (C=O) groups is 2. The van der Waals surface area contributed by atoms with Crippen LogP contribution in [0, 0.1) is 0 Å². The average Bonchev–Trinajstić information content (AvgIpc) is 2.35. The molecule has 2 heterocycles. The SMILES string of the molecule is O=C1C[C@H]2CCC(=O)N2C1. The summed E-state index contributed by atoms with van der Waals surface area (Å²) in [5, 5.41) is 0. The van der Waals surface area contributed by atoms with Crippen LogP contribution in [-0.2, 0) is 9.59 Å². The lowest BCUT2D eigenvalue weighted by Gasteiger charge is -2.11. The Hall–Kier alpha value is -0.860. The fourth-order valence-electron chi connectivity index (χ4n) is 1.74. The van der Waals surface area contributed by atoms with Gasteiger partial charge in [-0.2, -0.15) is 0 Å². The van der Waals surface area contributed by atoms with Crippen molar-refractivity contribution < 1.29 is 9.59 Å². The first-order valence-corrected chi connectivity index (χ1v) is 3.58. The Labute approximate surface area is 59.0 Å². The van der Waals surface area contributed by atoms with Gasteiger partial charge in [0.1, 0.15) is 0 Å². The standard InChI is InChI=1S/C7H9NO2/c9-6-3-5-1-2-7(10)8(5)4-6/h5H,1-4H2/t5-/m1/s1. The van der Waals surface area contributed by atoms with Gasteiger partial charge >= 0.3 is 0 Å². The largest absolute Gasteiger partial charge is 0.332 e. The zero-order valence-electron chi connectivity index (χ0n) is 5.67. The van der Waals surface area contributed by atoms with Crippen LogP contribution in [0.15, 0.2) is 0 Å². The smallest absolute Gasteiger partial charge is 0.223 e. The van der Waals surface area contributed by atoms with Crippen LogP contribution >= 0.6 is 0 Å². The maximum atomic E-state index is 11.0. The molecule has 2 fully saturated rings. The number of amides is 1. The number of hydrogen-bond donors (Lipinski definition) is 0. The predicted octanol–water partition coefficient (Wildman–Crippen LogP) is -0.0498. The third kappa shape index (κ3) is 0.664. The Morgan fingerprint density at radius 1 is 1.40 bits per heavy atom. The van der Waals surface area contributed by atoms with Crippen molar-refractivity contribution in [1.29, 1.82) is 0 Å². The Kier molecular flexibility index (Phi) is 1.07. The third-order valence-corrected chi connectivity index (χ3v) is 2.26. The van der Waals surface area contributed by atoms with E-state index < -0.39 is 0 Å². The summed E-state index contributed by atoms with van der Waals surface area (Å²) in [5.74, 6) is 0.383. The van der Waals surface area contributed by atoms with Gasteiger partial charge < -0.3 is 4.90 Å². The summed E-state index contributed by atoms with van der Waals surface area (Å²) in [6, 6.07) is 0.264. The van der Waals surface area contributed by atoms with Gasteiger partial charge in [-0.15, -0.1) is 0 Å². The second-order valence-corrected chi connectivity index (χ2v) is 2.96.